The number of piperazine rings is 1. The molecule has 162 valence electrons. The van der Waals surface area contributed by atoms with Crippen molar-refractivity contribution in [2.45, 2.75) is 13.8 Å². The van der Waals surface area contributed by atoms with Gasteiger partial charge in [0.1, 0.15) is 5.01 Å². The van der Waals surface area contributed by atoms with Crippen LogP contribution in [0.3, 0.4) is 0 Å². The van der Waals surface area contributed by atoms with E-state index in [1.807, 2.05) is 35.2 Å². The van der Waals surface area contributed by atoms with Gasteiger partial charge in [-0.15, -0.1) is 11.3 Å². The van der Waals surface area contributed by atoms with Crippen LogP contribution in [-0.2, 0) is 9.53 Å². The maximum Gasteiger partial charge on any atom is 0.409 e. The lowest BCUT2D eigenvalue weighted by Crippen LogP contribution is -2.50. The van der Waals surface area contributed by atoms with E-state index in [0.717, 1.165) is 21.8 Å². The van der Waals surface area contributed by atoms with Crippen molar-refractivity contribution in [2.75, 3.05) is 44.6 Å². The van der Waals surface area contributed by atoms with Gasteiger partial charge in [0.05, 0.1) is 23.4 Å². The first-order valence-electron chi connectivity index (χ1n) is 10.4. The number of carbonyl (C=O) groups excluding carboxylic acids is 2. The van der Waals surface area contributed by atoms with Gasteiger partial charge in [0.15, 0.2) is 0 Å². The average molecular weight is 439 g/mol. The van der Waals surface area contributed by atoms with Crippen molar-refractivity contribution >= 4 is 39.2 Å². The Bertz CT molecular complexity index is 1070. The molecule has 0 saturated carbocycles. The Morgan fingerprint density at radius 3 is 2.55 bits per heavy atom. The van der Waals surface area contributed by atoms with E-state index < -0.39 is 0 Å². The molecular weight excluding hydrogens is 412 g/mol. The van der Waals surface area contributed by atoms with Crippen molar-refractivity contribution in [1.29, 1.82) is 0 Å². The second-order valence-electron chi connectivity index (χ2n) is 7.58. The molecule has 2 aromatic carbocycles. The van der Waals surface area contributed by atoms with Crippen molar-refractivity contribution in [3.8, 4) is 10.6 Å². The highest BCUT2D eigenvalue weighted by Crippen LogP contribution is 2.31. The van der Waals surface area contributed by atoms with Gasteiger partial charge in [-0.2, -0.15) is 0 Å². The highest BCUT2D eigenvalue weighted by atomic mass is 32.1. The molecule has 4 rings (SSSR count). The van der Waals surface area contributed by atoms with Gasteiger partial charge >= 0.3 is 6.09 Å². The standard InChI is InChI=1S/C23H26N4O3S/c1-3-30-23(29)27-12-10-26(11-13-27)15-21(28)24-18-7-5-17(6-8-18)22-25-19-9-4-16(2)14-20(19)31-22/h4-9,14H,3,10-13,15H2,1-2H3,(H,24,28). The van der Waals surface area contributed by atoms with E-state index in [4.69, 9.17) is 9.72 Å². The van der Waals surface area contributed by atoms with E-state index in [-0.39, 0.29) is 12.0 Å². The lowest BCUT2D eigenvalue weighted by atomic mass is 10.2. The molecule has 1 N–H and O–H groups in total. The van der Waals surface area contributed by atoms with Crippen LogP contribution < -0.4 is 5.32 Å². The number of hydrogen-bond donors (Lipinski definition) is 1. The van der Waals surface area contributed by atoms with Crippen LogP contribution >= 0.6 is 11.3 Å². The number of amides is 2. The van der Waals surface area contributed by atoms with Crippen LogP contribution in [0, 0.1) is 6.92 Å². The quantitative estimate of drug-likeness (QED) is 0.652. The van der Waals surface area contributed by atoms with Crippen LogP contribution in [-0.4, -0.2) is 66.1 Å². The Labute approximate surface area is 185 Å². The van der Waals surface area contributed by atoms with Gasteiger partial charge < -0.3 is 15.0 Å². The second-order valence-corrected chi connectivity index (χ2v) is 8.61. The zero-order valence-corrected chi connectivity index (χ0v) is 18.6. The van der Waals surface area contributed by atoms with Crippen molar-refractivity contribution < 1.29 is 14.3 Å². The molecule has 1 aromatic heterocycles. The van der Waals surface area contributed by atoms with Crippen LogP contribution in [0.5, 0.6) is 0 Å². The smallest absolute Gasteiger partial charge is 0.409 e. The number of aromatic nitrogens is 1. The minimum Gasteiger partial charge on any atom is -0.450 e. The molecule has 0 unspecified atom stereocenters. The van der Waals surface area contributed by atoms with E-state index in [1.54, 1.807) is 23.2 Å². The molecule has 0 spiro atoms. The fourth-order valence-corrected chi connectivity index (χ4v) is 4.63. The van der Waals surface area contributed by atoms with Gasteiger partial charge in [-0.05, 0) is 55.8 Å². The summed E-state index contributed by atoms with van der Waals surface area (Å²) in [4.78, 5) is 32.6. The first-order chi connectivity index (χ1) is 15.0. The first-order valence-corrected chi connectivity index (χ1v) is 11.2. The molecule has 1 aliphatic rings. The summed E-state index contributed by atoms with van der Waals surface area (Å²) in [6.45, 7) is 7.01. The Balaban J connectivity index is 1.30. The van der Waals surface area contributed by atoms with Crippen molar-refractivity contribution in [3.63, 3.8) is 0 Å². The van der Waals surface area contributed by atoms with Crippen molar-refractivity contribution in [1.82, 2.24) is 14.8 Å². The summed E-state index contributed by atoms with van der Waals surface area (Å²) in [5, 5.41) is 3.92. The third kappa shape index (κ3) is 5.21. The fraction of sp³-hybridized carbons (Fsp3) is 0.348. The van der Waals surface area contributed by atoms with Crippen LogP contribution in [0.25, 0.3) is 20.8 Å². The first kappa shape index (κ1) is 21.3. The SMILES string of the molecule is CCOC(=O)N1CCN(CC(=O)Nc2ccc(-c3nc4ccc(C)cc4s3)cc2)CC1. The van der Waals surface area contributed by atoms with E-state index in [2.05, 4.69) is 24.4 Å². The molecule has 1 saturated heterocycles. The molecule has 31 heavy (non-hydrogen) atoms. The Morgan fingerprint density at radius 1 is 1.10 bits per heavy atom. The van der Waals surface area contributed by atoms with Gasteiger partial charge in [0.25, 0.3) is 0 Å². The molecule has 8 heteroatoms. The zero-order valence-electron chi connectivity index (χ0n) is 17.8. The number of nitrogens with zero attached hydrogens (tertiary/aromatic N) is 3. The zero-order chi connectivity index (χ0) is 21.8. The summed E-state index contributed by atoms with van der Waals surface area (Å²) in [6.07, 6.45) is -0.282. The molecule has 0 atom stereocenters. The molecule has 1 fully saturated rings. The monoisotopic (exact) mass is 438 g/mol. The lowest BCUT2D eigenvalue weighted by molar-refractivity contribution is -0.117. The van der Waals surface area contributed by atoms with Crippen molar-refractivity contribution in [3.05, 3.63) is 48.0 Å². The van der Waals surface area contributed by atoms with Gasteiger partial charge in [0, 0.05) is 37.4 Å². The number of carbonyl (C=O) groups is 2. The predicted octanol–water partition coefficient (Wildman–Crippen LogP) is 3.98. The summed E-state index contributed by atoms with van der Waals surface area (Å²) in [5.41, 5.74) is 4.02. The Morgan fingerprint density at radius 2 is 1.84 bits per heavy atom. The second kappa shape index (κ2) is 9.45. The third-order valence-electron chi connectivity index (χ3n) is 5.23. The van der Waals surface area contributed by atoms with Crippen LogP contribution in [0.1, 0.15) is 12.5 Å². The van der Waals surface area contributed by atoms with Crippen LogP contribution in [0.15, 0.2) is 42.5 Å². The number of anilines is 1. The van der Waals surface area contributed by atoms with Gasteiger partial charge in [-0.1, -0.05) is 6.07 Å². The molecule has 1 aliphatic heterocycles. The molecule has 2 heterocycles. The minimum absolute atomic E-state index is 0.0622. The summed E-state index contributed by atoms with van der Waals surface area (Å²) < 4.78 is 6.20. The number of fused-ring (bicyclic) bond motifs is 1. The fourth-order valence-electron chi connectivity index (χ4n) is 3.56. The molecular formula is C23H26N4O3S. The summed E-state index contributed by atoms with van der Waals surface area (Å²) in [7, 11) is 0. The third-order valence-corrected chi connectivity index (χ3v) is 6.29. The number of benzene rings is 2. The van der Waals surface area contributed by atoms with E-state index in [1.165, 1.54) is 10.3 Å². The van der Waals surface area contributed by atoms with Crippen LogP contribution in [0.4, 0.5) is 10.5 Å². The molecule has 0 aliphatic carbocycles. The van der Waals surface area contributed by atoms with Crippen molar-refractivity contribution in [2.24, 2.45) is 0 Å². The summed E-state index contributed by atoms with van der Waals surface area (Å²) >= 11 is 1.67. The number of ether oxygens (including phenoxy) is 1. The average Bonchev–Trinajstić information content (AvgIpc) is 3.18. The number of nitrogens with one attached hydrogen (secondary N) is 1. The van der Waals surface area contributed by atoms with E-state index in [9.17, 15) is 9.59 Å². The topological polar surface area (TPSA) is 74.8 Å². The molecule has 0 radical (unpaired) electrons. The maximum atomic E-state index is 12.4. The number of rotatable bonds is 5. The highest BCUT2D eigenvalue weighted by molar-refractivity contribution is 7.21. The maximum absolute atomic E-state index is 12.4. The Hall–Kier alpha value is -2.97. The Kier molecular flexibility index (Phi) is 6.48. The largest absolute Gasteiger partial charge is 0.450 e. The number of aryl methyl sites for hydroxylation is 1. The molecule has 2 amide bonds. The summed E-state index contributed by atoms with van der Waals surface area (Å²) in [5.74, 6) is -0.0622. The lowest BCUT2D eigenvalue weighted by Gasteiger charge is -2.33. The number of thiazole rings is 1. The van der Waals surface area contributed by atoms with Gasteiger partial charge in [0.2, 0.25) is 5.91 Å². The van der Waals surface area contributed by atoms with Crippen LogP contribution in [0.2, 0.25) is 0 Å². The predicted molar refractivity (Wildman–Crippen MR) is 123 cm³/mol. The normalized spacial score (nSPS) is 14.6. The highest BCUT2D eigenvalue weighted by Gasteiger charge is 2.23. The molecule has 0 bridgehead atoms. The number of hydrogen-bond acceptors (Lipinski definition) is 6. The van der Waals surface area contributed by atoms with E-state index in [0.29, 0.717) is 39.3 Å². The van der Waals surface area contributed by atoms with Gasteiger partial charge in [-0.25, -0.2) is 9.78 Å². The molecule has 3 aromatic rings. The molecule has 7 nitrogen and oxygen atoms in total. The minimum atomic E-state index is -0.282. The van der Waals surface area contributed by atoms with E-state index >= 15 is 0 Å². The summed E-state index contributed by atoms with van der Waals surface area (Å²) in [6, 6.07) is 14.0. The van der Waals surface area contributed by atoms with Gasteiger partial charge in [-0.3, -0.25) is 9.69 Å².